The van der Waals surface area contributed by atoms with Gasteiger partial charge in [-0.3, -0.25) is 14.9 Å². The van der Waals surface area contributed by atoms with Crippen molar-refractivity contribution < 1.29 is 23.2 Å². The van der Waals surface area contributed by atoms with Crippen LogP contribution < -0.4 is 5.32 Å². The van der Waals surface area contributed by atoms with Crippen molar-refractivity contribution in [1.29, 1.82) is 0 Å². The van der Waals surface area contributed by atoms with Crippen LogP contribution in [0.1, 0.15) is 22.0 Å². The van der Waals surface area contributed by atoms with Gasteiger partial charge in [0, 0.05) is 38.3 Å². The predicted octanol–water partition coefficient (Wildman–Crippen LogP) is 1.31. The summed E-state index contributed by atoms with van der Waals surface area (Å²) in [4.78, 5) is 22.3. The molecule has 0 bridgehead atoms. The van der Waals surface area contributed by atoms with Gasteiger partial charge in [-0.1, -0.05) is 0 Å². The monoisotopic (exact) mass is 393 g/mol. The van der Waals surface area contributed by atoms with Gasteiger partial charge in [0.05, 0.1) is 15.9 Å². The van der Waals surface area contributed by atoms with Crippen molar-refractivity contribution in [3.8, 4) is 0 Å². The summed E-state index contributed by atoms with van der Waals surface area (Å²) < 4.78 is 25.1. The maximum Gasteiger partial charge on any atom is 0.269 e. The van der Waals surface area contributed by atoms with Crippen LogP contribution >= 0.6 is 0 Å². The summed E-state index contributed by atoms with van der Waals surface area (Å²) in [5.74, 6) is -0.482. The van der Waals surface area contributed by atoms with Crippen LogP contribution in [0.5, 0.6) is 0 Å². The summed E-state index contributed by atoms with van der Waals surface area (Å²) in [6, 6.07) is 10.8. The number of aliphatic hydroxyl groups excluding tert-OH is 1. The molecule has 0 unspecified atom stereocenters. The standard InChI is InChI=1S/C17H19N3O6S/c1-19(2)27(25,26)15-9-5-13(6-10-15)17(22)18-11-16(21)12-3-7-14(8-4-12)20(23)24/h3-10,16,21H,11H2,1-2H3,(H,18,22)/t16-/m1/s1. The Balaban J connectivity index is 2.00. The number of rotatable bonds is 7. The molecule has 0 saturated heterocycles. The van der Waals surface area contributed by atoms with E-state index in [0.29, 0.717) is 5.56 Å². The van der Waals surface area contributed by atoms with Gasteiger partial charge in [-0.2, -0.15) is 0 Å². The molecule has 0 aliphatic carbocycles. The maximum absolute atomic E-state index is 12.1. The van der Waals surface area contributed by atoms with Crippen LogP contribution in [-0.4, -0.2) is 49.3 Å². The molecule has 2 aromatic carbocycles. The van der Waals surface area contributed by atoms with Crippen LogP contribution in [0.25, 0.3) is 0 Å². The first-order valence-corrected chi connectivity index (χ1v) is 9.30. The van der Waals surface area contributed by atoms with E-state index < -0.39 is 27.0 Å². The fourth-order valence-corrected chi connectivity index (χ4v) is 3.12. The van der Waals surface area contributed by atoms with E-state index >= 15 is 0 Å². The fourth-order valence-electron chi connectivity index (χ4n) is 2.22. The normalized spacial score (nSPS) is 12.6. The third kappa shape index (κ3) is 4.88. The first kappa shape index (κ1) is 20.5. The lowest BCUT2D eigenvalue weighted by molar-refractivity contribution is -0.384. The number of nitro groups is 1. The van der Waals surface area contributed by atoms with Crippen LogP contribution in [0, 0.1) is 10.1 Å². The molecule has 10 heteroatoms. The van der Waals surface area contributed by atoms with Gasteiger partial charge in [0.15, 0.2) is 0 Å². The summed E-state index contributed by atoms with van der Waals surface area (Å²) in [7, 11) is -0.753. The minimum Gasteiger partial charge on any atom is -0.387 e. The molecule has 0 spiro atoms. The summed E-state index contributed by atoms with van der Waals surface area (Å²) >= 11 is 0. The first-order chi connectivity index (χ1) is 12.6. The molecular formula is C17H19N3O6S. The molecule has 0 fully saturated rings. The average molecular weight is 393 g/mol. The van der Waals surface area contributed by atoms with Crippen molar-refractivity contribution in [1.82, 2.24) is 9.62 Å². The van der Waals surface area contributed by atoms with Crippen LogP contribution in [0.4, 0.5) is 5.69 Å². The second-order valence-corrected chi connectivity index (χ2v) is 8.04. The number of benzene rings is 2. The molecule has 0 aliphatic heterocycles. The third-order valence-corrected chi connectivity index (χ3v) is 5.67. The van der Waals surface area contributed by atoms with Crippen LogP contribution in [0.3, 0.4) is 0 Å². The van der Waals surface area contributed by atoms with Gasteiger partial charge < -0.3 is 10.4 Å². The summed E-state index contributed by atoms with van der Waals surface area (Å²) in [6.45, 7) is -0.103. The van der Waals surface area contributed by atoms with E-state index in [9.17, 15) is 28.4 Å². The Bertz CT molecular complexity index is 924. The minimum atomic E-state index is -3.58. The zero-order valence-corrected chi connectivity index (χ0v) is 15.5. The topological polar surface area (TPSA) is 130 Å². The summed E-state index contributed by atoms with van der Waals surface area (Å²) in [6.07, 6.45) is -1.04. The Morgan fingerprint density at radius 3 is 2.19 bits per heavy atom. The fraction of sp³-hybridized carbons (Fsp3) is 0.235. The highest BCUT2D eigenvalue weighted by atomic mass is 32.2. The van der Waals surface area contributed by atoms with Gasteiger partial charge >= 0.3 is 0 Å². The van der Waals surface area contributed by atoms with E-state index in [2.05, 4.69) is 5.32 Å². The Labute approximate surface area is 156 Å². The van der Waals surface area contributed by atoms with Crippen molar-refractivity contribution in [3.05, 3.63) is 69.8 Å². The molecule has 0 aliphatic rings. The zero-order chi connectivity index (χ0) is 20.2. The lowest BCUT2D eigenvalue weighted by atomic mass is 10.1. The number of hydrogen-bond acceptors (Lipinski definition) is 6. The van der Waals surface area contributed by atoms with Gasteiger partial charge in [0.2, 0.25) is 10.0 Å². The summed E-state index contributed by atoms with van der Waals surface area (Å²) in [5, 5.41) is 23.2. The Kier molecular flexibility index (Phi) is 6.26. The molecule has 9 nitrogen and oxygen atoms in total. The van der Waals surface area contributed by atoms with E-state index in [0.717, 1.165) is 4.31 Å². The predicted molar refractivity (Wildman–Crippen MR) is 97.7 cm³/mol. The molecule has 0 saturated carbocycles. The number of carbonyl (C=O) groups is 1. The third-order valence-electron chi connectivity index (χ3n) is 3.84. The number of aliphatic hydroxyl groups is 1. The average Bonchev–Trinajstić information content (AvgIpc) is 2.65. The molecular weight excluding hydrogens is 374 g/mol. The number of amides is 1. The highest BCUT2D eigenvalue weighted by Gasteiger charge is 2.18. The summed E-state index contributed by atoms with van der Waals surface area (Å²) in [5.41, 5.74) is 0.569. The number of hydrogen-bond donors (Lipinski definition) is 2. The van der Waals surface area contributed by atoms with Crippen molar-refractivity contribution >= 4 is 21.6 Å². The van der Waals surface area contributed by atoms with Crippen molar-refractivity contribution in [3.63, 3.8) is 0 Å². The Hall–Kier alpha value is -2.82. The van der Waals surface area contributed by atoms with E-state index in [-0.39, 0.29) is 22.7 Å². The van der Waals surface area contributed by atoms with E-state index in [1.54, 1.807) is 0 Å². The smallest absolute Gasteiger partial charge is 0.269 e. The highest BCUT2D eigenvalue weighted by molar-refractivity contribution is 7.89. The van der Waals surface area contributed by atoms with Crippen LogP contribution in [0.15, 0.2) is 53.4 Å². The van der Waals surface area contributed by atoms with Gasteiger partial charge in [-0.15, -0.1) is 0 Å². The number of nitrogens with zero attached hydrogens (tertiary/aromatic N) is 2. The molecule has 0 heterocycles. The number of carbonyl (C=O) groups excluding carboxylic acids is 1. The molecule has 0 aromatic heterocycles. The number of non-ortho nitro benzene ring substituents is 1. The second-order valence-electron chi connectivity index (χ2n) is 5.89. The van der Waals surface area contributed by atoms with Gasteiger partial charge in [0.25, 0.3) is 11.6 Å². The van der Waals surface area contributed by atoms with E-state index in [1.807, 2.05) is 0 Å². The van der Waals surface area contributed by atoms with Crippen LogP contribution in [0.2, 0.25) is 0 Å². The van der Waals surface area contributed by atoms with Crippen LogP contribution in [-0.2, 0) is 10.0 Å². The second kappa shape index (κ2) is 8.25. The van der Waals surface area contributed by atoms with Gasteiger partial charge in [0.1, 0.15) is 0 Å². The maximum atomic E-state index is 12.1. The molecule has 27 heavy (non-hydrogen) atoms. The largest absolute Gasteiger partial charge is 0.387 e. The Morgan fingerprint density at radius 1 is 1.15 bits per heavy atom. The quantitative estimate of drug-likeness (QED) is 0.539. The van der Waals surface area contributed by atoms with Gasteiger partial charge in [-0.25, -0.2) is 12.7 Å². The van der Waals surface area contributed by atoms with Gasteiger partial charge in [-0.05, 0) is 42.0 Å². The van der Waals surface area contributed by atoms with Crippen molar-refractivity contribution in [2.24, 2.45) is 0 Å². The Morgan fingerprint density at radius 2 is 1.70 bits per heavy atom. The van der Waals surface area contributed by atoms with E-state index in [1.165, 1.54) is 62.6 Å². The number of nitro benzene ring substituents is 1. The SMILES string of the molecule is CN(C)S(=O)(=O)c1ccc(C(=O)NC[C@@H](O)c2ccc([N+](=O)[O-])cc2)cc1. The lowest BCUT2D eigenvalue weighted by Crippen LogP contribution is -2.28. The molecule has 144 valence electrons. The molecule has 2 aromatic rings. The highest BCUT2D eigenvalue weighted by Crippen LogP contribution is 2.18. The van der Waals surface area contributed by atoms with E-state index in [4.69, 9.17) is 0 Å². The molecule has 1 atom stereocenters. The number of sulfonamides is 1. The molecule has 2 rings (SSSR count). The lowest BCUT2D eigenvalue weighted by Gasteiger charge is -2.13. The first-order valence-electron chi connectivity index (χ1n) is 7.86. The van der Waals surface area contributed by atoms with Crippen molar-refractivity contribution in [2.75, 3.05) is 20.6 Å². The molecule has 0 radical (unpaired) electrons. The van der Waals surface area contributed by atoms with Crippen molar-refractivity contribution in [2.45, 2.75) is 11.0 Å². The zero-order valence-electron chi connectivity index (χ0n) is 14.7. The number of nitrogens with one attached hydrogen (secondary N) is 1. The molecule has 1 amide bonds. The minimum absolute atomic E-state index is 0.0648. The molecule has 2 N–H and O–H groups in total.